The molecule has 0 aliphatic carbocycles. The Morgan fingerprint density at radius 3 is 0.740 bits per heavy atom. The zero-order chi connectivity index (χ0) is 40.4. The van der Waals surface area contributed by atoms with Crippen molar-refractivity contribution in [3.63, 3.8) is 0 Å². The number of rotatable bonds is 22. The fraction of sp³-hybridized carbons (Fsp3) is 0.923. The van der Waals surface area contributed by atoms with Gasteiger partial charge in [0, 0.05) is 26.2 Å². The standard InChI is InChI=1S/C13H37N3O26P8/c1-8(9(17)18)14(4-2-6-15(10(43(19,20)21)44(22,23)24)11(45(25,26)27)46(28,29)30)5-3-7-16(12(47(31,32)33)48(34,35)36)13(49(37,38)39)50(40,41)42/h8,10-13H,2-7H2,1H3,(H,17,18)(H2,19,20,21)(H2,22,23,24)(H2,25,26,27)(H2,28,29,30)(H2,31,32,33)(H2,34,35,36)(H2,37,38,39)(H2,40,41,42)/t8-/m0/s1. The Balaban J connectivity index is 6.90. The minimum atomic E-state index is -6.24. The molecule has 0 unspecified atom stereocenters. The molecule has 0 radical (unpaired) electrons. The first kappa shape index (κ1) is 50.5. The third kappa shape index (κ3) is 15.4. The molecule has 50 heavy (non-hydrogen) atoms. The first-order valence-corrected chi connectivity index (χ1v) is 26.0. The lowest BCUT2D eigenvalue weighted by Crippen LogP contribution is -2.47. The molecule has 0 aliphatic rings. The van der Waals surface area contributed by atoms with Gasteiger partial charge in [-0.05, 0) is 19.8 Å². The summed E-state index contributed by atoms with van der Waals surface area (Å²) in [5, 5.41) is 9.49. The highest BCUT2D eigenvalue weighted by Crippen LogP contribution is 2.70. The van der Waals surface area contributed by atoms with Crippen molar-refractivity contribution in [2.75, 3.05) is 26.2 Å². The summed E-state index contributed by atoms with van der Waals surface area (Å²) >= 11 is 0. The third-order valence-electron chi connectivity index (χ3n) is 6.22. The predicted molar refractivity (Wildman–Crippen MR) is 163 cm³/mol. The van der Waals surface area contributed by atoms with Crippen molar-refractivity contribution in [1.82, 2.24) is 14.7 Å². The lowest BCUT2D eigenvalue weighted by Gasteiger charge is -2.39. The van der Waals surface area contributed by atoms with Crippen LogP contribution in [-0.4, -0.2) is 158 Å². The molecule has 1 atom stereocenters. The Morgan fingerprint density at radius 1 is 0.420 bits per heavy atom. The van der Waals surface area contributed by atoms with Gasteiger partial charge in [-0.25, -0.2) is 0 Å². The molecule has 0 bridgehead atoms. The molecule has 0 saturated heterocycles. The van der Waals surface area contributed by atoms with Crippen molar-refractivity contribution in [2.45, 2.75) is 47.9 Å². The average Bonchev–Trinajstić information content (AvgIpc) is 2.74. The van der Waals surface area contributed by atoms with Crippen LogP contribution in [0.15, 0.2) is 0 Å². The quantitative estimate of drug-likeness (QED) is 0.0473. The zero-order valence-corrected chi connectivity index (χ0v) is 32.0. The van der Waals surface area contributed by atoms with Crippen molar-refractivity contribution >= 4 is 66.7 Å². The van der Waals surface area contributed by atoms with Gasteiger partial charge in [0.1, 0.15) is 6.04 Å². The van der Waals surface area contributed by atoms with Crippen LogP contribution in [-0.2, 0) is 41.3 Å². The molecular weight excluding hydrogens is 862 g/mol. The Bertz CT molecular complexity index is 1280. The van der Waals surface area contributed by atoms with Crippen molar-refractivity contribution < 1.29 is 125 Å². The van der Waals surface area contributed by atoms with E-state index in [-0.39, 0.29) is 0 Å². The molecule has 0 aromatic heterocycles. The van der Waals surface area contributed by atoms with Crippen LogP contribution >= 0.6 is 60.8 Å². The van der Waals surface area contributed by atoms with E-state index in [0.717, 1.165) is 6.92 Å². The number of hydrogen-bond donors (Lipinski definition) is 17. The molecule has 0 fully saturated rings. The van der Waals surface area contributed by atoms with Gasteiger partial charge in [-0.3, -0.25) is 56.0 Å². The maximum Gasteiger partial charge on any atom is 0.355 e. The first-order valence-electron chi connectivity index (χ1n) is 12.6. The molecule has 37 heteroatoms. The summed E-state index contributed by atoms with van der Waals surface area (Å²) in [7, 11) is -49.9. The highest BCUT2D eigenvalue weighted by atomic mass is 31.3. The fourth-order valence-electron chi connectivity index (χ4n) is 4.60. The summed E-state index contributed by atoms with van der Waals surface area (Å²) in [6.07, 6.45) is -1.87. The lowest BCUT2D eigenvalue weighted by atomic mass is 10.2. The van der Waals surface area contributed by atoms with Gasteiger partial charge >= 0.3 is 66.7 Å². The van der Waals surface area contributed by atoms with Crippen LogP contribution in [0, 0.1) is 0 Å². The molecular formula is C13H37N3O26P8. The van der Waals surface area contributed by atoms with Crippen LogP contribution in [0.5, 0.6) is 0 Å². The van der Waals surface area contributed by atoms with E-state index < -0.39 is 144 Å². The summed E-state index contributed by atoms with van der Waals surface area (Å²) in [5.74, 6) is -1.73. The minimum Gasteiger partial charge on any atom is -0.480 e. The van der Waals surface area contributed by atoms with Gasteiger partial charge in [0.05, 0.1) is 0 Å². The van der Waals surface area contributed by atoms with Crippen molar-refractivity contribution in [2.24, 2.45) is 0 Å². The largest absolute Gasteiger partial charge is 0.480 e. The molecule has 0 heterocycles. The van der Waals surface area contributed by atoms with E-state index in [0.29, 0.717) is 4.90 Å². The van der Waals surface area contributed by atoms with Crippen LogP contribution in [0.4, 0.5) is 0 Å². The number of aliphatic carboxylic acids is 1. The summed E-state index contributed by atoms with van der Waals surface area (Å²) < 4.78 is 96.1. The second kappa shape index (κ2) is 17.6. The molecule has 0 aromatic carbocycles. The Kier molecular flexibility index (Phi) is 17.8. The van der Waals surface area contributed by atoms with Gasteiger partial charge in [-0.1, -0.05) is 0 Å². The van der Waals surface area contributed by atoms with Gasteiger partial charge < -0.3 is 83.4 Å². The Morgan fingerprint density at radius 2 is 0.600 bits per heavy atom. The van der Waals surface area contributed by atoms with Gasteiger partial charge in [0.15, 0.2) is 0 Å². The summed E-state index contributed by atoms with van der Waals surface area (Å²) in [6.45, 7) is -3.69. The monoisotopic (exact) mass is 899 g/mol. The van der Waals surface area contributed by atoms with Crippen LogP contribution in [0.3, 0.4) is 0 Å². The van der Waals surface area contributed by atoms with Crippen LogP contribution in [0.25, 0.3) is 0 Å². The van der Waals surface area contributed by atoms with Gasteiger partial charge in [-0.15, -0.1) is 0 Å². The second-order valence-corrected chi connectivity index (χ2v) is 25.3. The molecule has 29 nitrogen and oxygen atoms in total. The number of carbonyl (C=O) groups is 1. The SMILES string of the molecule is C[C@@H](C(=O)O)N(CCCN(C(P(=O)(O)O)P(=O)(O)O)C(P(=O)(O)O)P(=O)(O)O)CCCN(C(P(=O)(O)O)P(=O)(O)O)C(P(=O)(O)O)P(=O)(O)O. The fourth-order valence-corrected chi connectivity index (χ4v) is 16.8. The average molecular weight is 899 g/mol. The maximum absolute atomic E-state index is 12.0. The molecule has 0 spiro atoms. The number of carboxylic acid groups (broad SMARTS) is 1. The van der Waals surface area contributed by atoms with E-state index in [2.05, 4.69) is 0 Å². The maximum atomic E-state index is 12.0. The summed E-state index contributed by atoms with van der Waals surface area (Å²) in [6, 6.07) is -1.76. The highest BCUT2D eigenvalue weighted by molar-refractivity contribution is 7.73. The number of hydrogen-bond acceptors (Lipinski definition) is 12. The van der Waals surface area contributed by atoms with E-state index in [1.807, 2.05) is 0 Å². The van der Waals surface area contributed by atoms with E-state index in [1.165, 1.54) is 0 Å². The first-order chi connectivity index (χ1) is 21.7. The summed E-state index contributed by atoms with van der Waals surface area (Å²) in [4.78, 5) is 165. The smallest absolute Gasteiger partial charge is 0.355 e. The van der Waals surface area contributed by atoms with E-state index in [4.69, 9.17) is 0 Å². The minimum absolute atomic E-state index is 0.566. The van der Waals surface area contributed by atoms with Crippen LogP contribution < -0.4 is 0 Å². The Labute approximate surface area is 280 Å². The predicted octanol–water partition coefficient (Wildman–Crippen LogP) is -3.30. The molecule has 0 aliphatic heterocycles. The molecule has 0 saturated carbocycles. The van der Waals surface area contributed by atoms with E-state index in [1.54, 1.807) is 0 Å². The molecule has 300 valence electrons. The van der Waals surface area contributed by atoms with E-state index in [9.17, 15) is 125 Å². The van der Waals surface area contributed by atoms with E-state index >= 15 is 0 Å². The molecule has 17 N–H and O–H groups in total. The molecule has 0 aromatic rings. The third-order valence-corrected chi connectivity index (χ3v) is 20.6. The summed E-state index contributed by atoms with van der Waals surface area (Å²) in [5.41, 5.74) is -14.4. The second-order valence-electron chi connectivity index (χ2n) is 10.3. The van der Waals surface area contributed by atoms with Crippen LogP contribution in [0.1, 0.15) is 19.8 Å². The molecule has 0 amide bonds. The normalized spacial score (nSPS) is 15.8. The highest BCUT2D eigenvalue weighted by Gasteiger charge is 2.59. The van der Waals surface area contributed by atoms with Crippen molar-refractivity contribution in [1.29, 1.82) is 0 Å². The molecule has 0 rings (SSSR count). The zero-order valence-electron chi connectivity index (χ0n) is 24.8. The number of carboxylic acids is 1. The van der Waals surface area contributed by atoms with Gasteiger partial charge in [0.2, 0.25) is 22.1 Å². The van der Waals surface area contributed by atoms with Crippen LogP contribution in [0.2, 0.25) is 0 Å². The van der Waals surface area contributed by atoms with Gasteiger partial charge in [-0.2, -0.15) is 0 Å². The van der Waals surface area contributed by atoms with Gasteiger partial charge in [0.25, 0.3) is 0 Å². The number of nitrogens with zero attached hydrogens (tertiary/aromatic N) is 3. The van der Waals surface area contributed by atoms with Crippen molar-refractivity contribution in [3.05, 3.63) is 0 Å². The topological polar surface area (TPSA) is 507 Å². The Hall–Kier alpha value is 0.550. The van der Waals surface area contributed by atoms with Crippen molar-refractivity contribution in [3.8, 4) is 0 Å². The lowest BCUT2D eigenvalue weighted by molar-refractivity contribution is -0.142.